The highest BCUT2D eigenvalue weighted by atomic mass is 35.5. The Morgan fingerprint density at radius 3 is 2.56 bits per heavy atom. The molecule has 0 amide bonds. The summed E-state index contributed by atoms with van der Waals surface area (Å²) in [5, 5.41) is 8.53. The van der Waals surface area contributed by atoms with E-state index in [1.165, 1.54) is 0 Å². The molecular weight excluding hydrogens is 282 g/mol. The molecule has 9 heteroatoms. The maximum atomic E-state index is 13.2. The Bertz CT molecular complexity index is 464. The molecule has 1 aromatic heterocycles. The lowest BCUT2D eigenvalue weighted by Gasteiger charge is -2.11. The van der Waals surface area contributed by atoms with Gasteiger partial charge in [-0.25, -0.2) is 9.37 Å². The number of hydrogen-bond acceptors (Lipinski definition) is 3. The number of ether oxygens (including phenoxy) is 1. The molecule has 0 spiro atoms. The maximum absolute atomic E-state index is 13.2. The number of aliphatic carboxylic acids is 1. The molecule has 18 heavy (non-hydrogen) atoms. The normalized spacial score (nSPS) is 11.4. The lowest BCUT2D eigenvalue weighted by molar-refractivity contribution is -0.277. The number of aromatic nitrogens is 1. The fraction of sp³-hybridized carbons (Fsp3) is 0.333. The smallest absolute Gasteiger partial charge is 0.481 e. The number of hydrogen-bond donors (Lipinski definition) is 1. The zero-order valence-corrected chi connectivity index (χ0v) is 9.35. The topological polar surface area (TPSA) is 59.4 Å². The van der Waals surface area contributed by atoms with E-state index < -0.39 is 30.4 Å². The summed E-state index contributed by atoms with van der Waals surface area (Å²) >= 11 is 5.40. The van der Waals surface area contributed by atoms with Gasteiger partial charge in [0.2, 0.25) is 0 Å². The minimum absolute atomic E-state index is 0.107. The molecule has 1 heterocycles. The molecule has 0 aliphatic carbocycles. The van der Waals surface area contributed by atoms with Gasteiger partial charge in [0.25, 0.3) is 5.88 Å². The first kappa shape index (κ1) is 14.5. The number of pyridine rings is 1. The Morgan fingerprint density at radius 2 is 2.11 bits per heavy atom. The van der Waals surface area contributed by atoms with Gasteiger partial charge in [0.05, 0.1) is 18.0 Å². The molecular formula is C9H6ClF4NO3. The summed E-state index contributed by atoms with van der Waals surface area (Å²) in [6, 6.07) is 0.611. The molecule has 0 radical (unpaired) electrons. The molecule has 0 saturated heterocycles. The van der Waals surface area contributed by atoms with Crippen molar-refractivity contribution in [2.24, 2.45) is 0 Å². The molecule has 0 aliphatic rings. The van der Waals surface area contributed by atoms with Gasteiger partial charge in [0, 0.05) is 0 Å². The number of carbonyl (C=O) groups is 1. The fourth-order valence-corrected chi connectivity index (χ4v) is 1.39. The van der Waals surface area contributed by atoms with Crippen molar-refractivity contribution in [1.82, 2.24) is 4.98 Å². The van der Waals surface area contributed by atoms with Crippen molar-refractivity contribution in [3.63, 3.8) is 0 Å². The van der Waals surface area contributed by atoms with Crippen LogP contribution in [0.5, 0.6) is 5.88 Å². The molecule has 0 bridgehead atoms. The van der Waals surface area contributed by atoms with Crippen molar-refractivity contribution in [3.05, 3.63) is 23.1 Å². The number of rotatable bonds is 4. The number of nitrogens with zero attached hydrogens (tertiary/aromatic N) is 1. The second-order valence-electron chi connectivity index (χ2n) is 3.13. The molecule has 1 aromatic rings. The molecule has 100 valence electrons. The quantitative estimate of drug-likeness (QED) is 0.683. The number of carboxylic acid groups (broad SMARTS) is 1. The van der Waals surface area contributed by atoms with Gasteiger partial charge in [-0.05, 0) is 11.6 Å². The Hall–Kier alpha value is -1.57. The number of halogens is 5. The van der Waals surface area contributed by atoms with Crippen molar-refractivity contribution in [2.75, 3.05) is 0 Å². The monoisotopic (exact) mass is 287 g/mol. The molecule has 0 saturated carbocycles. The summed E-state index contributed by atoms with van der Waals surface area (Å²) in [6.07, 6.45) is -5.69. The molecule has 1 rings (SSSR count). The van der Waals surface area contributed by atoms with Crippen LogP contribution >= 0.6 is 11.6 Å². The highest BCUT2D eigenvalue weighted by molar-refractivity contribution is 6.17. The van der Waals surface area contributed by atoms with Crippen LogP contribution in [0.15, 0.2) is 6.07 Å². The molecule has 0 unspecified atom stereocenters. The third-order valence-electron chi connectivity index (χ3n) is 1.79. The summed E-state index contributed by atoms with van der Waals surface area (Å²) in [4.78, 5) is 13.7. The summed E-state index contributed by atoms with van der Waals surface area (Å²) in [5.41, 5.74) is -0.288. The standard InChI is InChI=1S/C9H6ClF4NO3/c10-3-6-4(2-7(16)17)1-5(11)8(15-6)18-9(12,13)14/h1H,2-3H2,(H,16,17). The van der Waals surface area contributed by atoms with Crippen molar-refractivity contribution in [1.29, 1.82) is 0 Å². The van der Waals surface area contributed by atoms with Crippen LogP contribution in [0.25, 0.3) is 0 Å². The highest BCUT2D eigenvalue weighted by Crippen LogP contribution is 2.26. The van der Waals surface area contributed by atoms with Crippen LogP contribution in [0.3, 0.4) is 0 Å². The van der Waals surface area contributed by atoms with E-state index in [0.717, 1.165) is 0 Å². The van der Waals surface area contributed by atoms with Gasteiger partial charge in [-0.1, -0.05) is 0 Å². The van der Waals surface area contributed by atoms with Gasteiger partial charge >= 0.3 is 12.3 Å². The first-order valence-electron chi connectivity index (χ1n) is 4.44. The fourth-order valence-electron chi connectivity index (χ4n) is 1.16. The van der Waals surface area contributed by atoms with E-state index >= 15 is 0 Å². The van der Waals surface area contributed by atoms with Gasteiger partial charge < -0.3 is 9.84 Å². The van der Waals surface area contributed by atoms with Crippen molar-refractivity contribution in [2.45, 2.75) is 18.7 Å². The van der Waals surface area contributed by atoms with E-state index in [0.29, 0.717) is 6.07 Å². The average molecular weight is 288 g/mol. The van der Waals surface area contributed by atoms with Crippen LogP contribution in [0.1, 0.15) is 11.3 Å². The Labute approximate surface area is 103 Å². The highest BCUT2D eigenvalue weighted by Gasteiger charge is 2.33. The van der Waals surface area contributed by atoms with Crippen LogP contribution in [-0.2, 0) is 17.1 Å². The first-order valence-corrected chi connectivity index (χ1v) is 4.98. The maximum Gasteiger partial charge on any atom is 0.574 e. The van der Waals surface area contributed by atoms with Crippen LogP contribution in [0.2, 0.25) is 0 Å². The molecule has 4 nitrogen and oxygen atoms in total. The van der Waals surface area contributed by atoms with Gasteiger partial charge in [-0.15, -0.1) is 24.8 Å². The van der Waals surface area contributed by atoms with Gasteiger partial charge in [-0.2, -0.15) is 0 Å². The van der Waals surface area contributed by atoms with Gasteiger partial charge in [-0.3, -0.25) is 4.79 Å². The Kier molecular flexibility index (Phi) is 4.33. The summed E-state index contributed by atoms with van der Waals surface area (Å²) in [7, 11) is 0. The minimum Gasteiger partial charge on any atom is -0.481 e. The summed E-state index contributed by atoms with van der Waals surface area (Å²) in [6.45, 7) is 0. The van der Waals surface area contributed by atoms with E-state index in [-0.39, 0.29) is 17.1 Å². The largest absolute Gasteiger partial charge is 0.574 e. The predicted molar refractivity (Wildman–Crippen MR) is 51.8 cm³/mol. The second-order valence-corrected chi connectivity index (χ2v) is 3.40. The van der Waals surface area contributed by atoms with Gasteiger partial charge in [0.15, 0.2) is 5.82 Å². The Balaban J connectivity index is 3.13. The van der Waals surface area contributed by atoms with E-state index in [2.05, 4.69) is 9.72 Å². The Morgan fingerprint density at radius 1 is 1.50 bits per heavy atom. The van der Waals surface area contributed by atoms with Crippen molar-refractivity contribution < 1.29 is 32.2 Å². The summed E-state index contributed by atoms with van der Waals surface area (Å²) < 4.78 is 52.3. The molecule has 0 atom stereocenters. The minimum atomic E-state index is -5.09. The summed E-state index contributed by atoms with van der Waals surface area (Å²) in [5.74, 6) is -4.34. The van der Waals surface area contributed by atoms with E-state index in [4.69, 9.17) is 16.7 Å². The van der Waals surface area contributed by atoms with E-state index in [9.17, 15) is 22.4 Å². The van der Waals surface area contributed by atoms with E-state index in [1.54, 1.807) is 0 Å². The third-order valence-corrected chi connectivity index (χ3v) is 2.05. The van der Waals surface area contributed by atoms with Crippen LogP contribution in [-0.4, -0.2) is 22.4 Å². The second kappa shape index (κ2) is 5.38. The van der Waals surface area contributed by atoms with Crippen molar-refractivity contribution >= 4 is 17.6 Å². The van der Waals surface area contributed by atoms with Crippen molar-refractivity contribution in [3.8, 4) is 5.88 Å². The predicted octanol–water partition coefficient (Wildman–Crippen LogP) is 2.49. The number of alkyl halides is 4. The lowest BCUT2D eigenvalue weighted by atomic mass is 10.1. The van der Waals surface area contributed by atoms with Crippen LogP contribution in [0.4, 0.5) is 17.6 Å². The number of carboxylic acids is 1. The van der Waals surface area contributed by atoms with Gasteiger partial charge in [0.1, 0.15) is 0 Å². The van der Waals surface area contributed by atoms with E-state index in [1.807, 2.05) is 0 Å². The lowest BCUT2D eigenvalue weighted by Crippen LogP contribution is -2.19. The average Bonchev–Trinajstić information content (AvgIpc) is 2.19. The molecule has 0 aliphatic heterocycles. The molecule has 0 fully saturated rings. The zero-order chi connectivity index (χ0) is 13.9. The third kappa shape index (κ3) is 4.02. The van der Waals surface area contributed by atoms with Crippen LogP contribution in [0, 0.1) is 5.82 Å². The first-order chi connectivity index (χ1) is 8.23. The molecule has 1 N–H and O–H groups in total. The SMILES string of the molecule is O=C(O)Cc1cc(F)c(OC(F)(F)F)nc1CCl. The van der Waals surface area contributed by atoms with Crippen LogP contribution < -0.4 is 4.74 Å². The zero-order valence-electron chi connectivity index (χ0n) is 8.59. The molecule has 0 aromatic carbocycles.